The summed E-state index contributed by atoms with van der Waals surface area (Å²) in [4.78, 5) is 0. The summed E-state index contributed by atoms with van der Waals surface area (Å²) in [5.74, 6) is 0.524. The Kier molecular flexibility index (Phi) is 7.32. The fourth-order valence-corrected chi connectivity index (χ4v) is 2.80. The number of amidine groups is 1. The normalized spacial score (nSPS) is 11.0. The van der Waals surface area contributed by atoms with Gasteiger partial charge in [0.05, 0.1) is 0 Å². The Balaban J connectivity index is 2.00. The van der Waals surface area contributed by atoms with Crippen molar-refractivity contribution in [1.82, 2.24) is 10.6 Å². The molecule has 0 spiro atoms. The Hall–Kier alpha value is -2.92. The molecule has 6 heteroatoms. The van der Waals surface area contributed by atoms with E-state index in [1.807, 2.05) is 31.3 Å². The highest BCUT2D eigenvalue weighted by molar-refractivity contribution is 6.31. The zero-order valence-corrected chi connectivity index (χ0v) is 16.3. The number of rotatable bonds is 8. The number of likely N-dealkylation sites (N-methyl/N-ethyl adjacent to an activating group) is 2. The second-order valence-corrected chi connectivity index (χ2v) is 6.51. The van der Waals surface area contributed by atoms with Crippen molar-refractivity contribution < 1.29 is 5.11 Å². The number of nitrogens with one attached hydrogen (secondary N) is 4. The predicted octanol–water partition coefficient (Wildman–Crippen LogP) is 4.06. The molecule has 0 heterocycles. The van der Waals surface area contributed by atoms with Crippen LogP contribution in [0.3, 0.4) is 0 Å². The molecule has 0 saturated carbocycles. The predicted molar refractivity (Wildman–Crippen MR) is 114 cm³/mol. The number of anilines is 1. The van der Waals surface area contributed by atoms with Crippen LogP contribution in [-0.2, 0) is 12.8 Å². The number of phenols is 1. The molecule has 0 unspecified atom stereocenters. The molecule has 0 atom stereocenters. The summed E-state index contributed by atoms with van der Waals surface area (Å²) in [6, 6.07) is 13.1. The molecule has 5 nitrogen and oxygen atoms in total. The van der Waals surface area contributed by atoms with Gasteiger partial charge in [-0.3, -0.25) is 5.41 Å². The lowest BCUT2D eigenvalue weighted by atomic mass is 10.1. The molecule has 0 amide bonds. The molecule has 0 fully saturated rings. The van der Waals surface area contributed by atoms with Gasteiger partial charge in [0, 0.05) is 54.6 Å². The van der Waals surface area contributed by atoms with Crippen LogP contribution in [0.15, 0.2) is 66.5 Å². The van der Waals surface area contributed by atoms with E-state index < -0.39 is 0 Å². The lowest BCUT2D eigenvalue weighted by Crippen LogP contribution is -2.18. The van der Waals surface area contributed by atoms with E-state index in [-0.39, 0.29) is 5.75 Å². The van der Waals surface area contributed by atoms with Gasteiger partial charge in [-0.05, 0) is 35.9 Å². The molecule has 0 aliphatic rings. The van der Waals surface area contributed by atoms with Crippen molar-refractivity contribution in [3.05, 3.63) is 82.7 Å². The standard InChI is InChI=1S/C21H25ClN4O/c1-14(11-18-19(22)5-4-6-20(18)27)26-16-9-7-15(8-10-16)12-17(24-2)13-21(23)25-3/h4-10,13,24,26-27H,1,11-12H2,2-3H3,(H2,23,25)/b17-13-. The lowest BCUT2D eigenvalue weighted by Gasteiger charge is -2.13. The van der Waals surface area contributed by atoms with E-state index in [1.54, 1.807) is 31.3 Å². The molecule has 2 rings (SSSR count). The third-order valence-corrected chi connectivity index (χ3v) is 4.42. The van der Waals surface area contributed by atoms with E-state index in [0.717, 1.165) is 22.6 Å². The van der Waals surface area contributed by atoms with Gasteiger partial charge in [0.25, 0.3) is 0 Å². The van der Waals surface area contributed by atoms with Crippen LogP contribution in [-0.4, -0.2) is 25.0 Å². The monoisotopic (exact) mass is 384 g/mol. The number of halogens is 1. The smallest absolute Gasteiger partial charge is 0.120 e. The van der Waals surface area contributed by atoms with E-state index in [0.29, 0.717) is 29.3 Å². The van der Waals surface area contributed by atoms with Crippen molar-refractivity contribution in [2.75, 3.05) is 19.4 Å². The Labute approximate surface area is 165 Å². The number of benzene rings is 2. The highest BCUT2D eigenvalue weighted by atomic mass is 35.5. The number of hydrogen-bond donors (Lipinski definition) is 5. The summed E-state index contributed by atoms with van der Waals surface area (Å²) in [6.45, 7) is 4.02. The maximum Gasteiger partial charge on any atom is 0.120 e. The van der Waals surface area contributed by atoms with Crippen LogP contribution in [0, 0.1) is 5.41 Å². The summed E-state index contributed by atoms with van der Waals surface area (Å²) >= 11 is 6.15. The van der Waals surface area contributed by atoms with Crippen LogP contribution in [0.4, 0.5) is 5.69 Å². The molecule has 5 N–H and O–H groups in total. The van der Waals surface area contributed by atoms with Crippen LogP contribution in [0.2, 0.25) is 5.02 Å². The van der Waals surface area contributed by atoms with Gasteiger partial charge in [0.15, 0.2) is 0 Å². The molecule has 0 aliphatic heterocycles. The van der Waals surface area contributed by atoms with Gasteiger partial charge in [-0.15, -0.1) is 0 Å². The van der Waals surface area contributed by atoms with Crippen molar-refractivity contribution in [1.29, 1.82) is 5.41 Å². The summed E-state index contributed by atoms with van der Waals surface area (Å²) in [7, 11) is 3.57. The Morgan fingerprint density at radius 3 is 2.41 bits per heavy atom. The van der Waals surface area contributed by atoms with Gasteiger partial charge in [0.2, 0.25) is 0 Å². The number of aromatic hydroxyl groups is 1. The second-order valence-electron chi connectivity index (χ2n) is 6.10. The first-order valence-corrected chi connectivity index (χ1v) is 8.95. The SMILES string of the molecule is C=C(Cc1c(O)cccc1Cl)Nc1ccc(C/C(=C/C(=N)NC)NC)cc1. The molecule has 0 bridgehead atoms. The minimum Gasteiger partial charge on any atom is -0.508 e. The minimum atomic E-state index is 0.166. The second kappa shape index (κ2) is 9.69. The first kappa shape index (κ1) is 20.4. The zero-order chi connectivity index (χ0) is 19.8. The summed E-state index contributed by atoms with van der Waals surface area (Å²) in [5, 5.41) is 27.3. The topological polar surface area (TPSA) is 80.2 Å². The third kappa shape index (κ3) is 6.08. The molecule has 27 heavy (non-hydrogen) atoms. The van der Waals surface area contributed by atoms with Crippen molar-refractivity contribution in [3.63, 3.8) is 0 Å². The van der Waals surface area contributed by atoms with Gasteiger partial charge in [-0.2, -0.15) is 0 Å². The van der Waals surface area contributed by atoms with Crippen LogP contribution >= 0.6 is 11.6 Å². The molecule has 0 saturated heterocycles. The summed E-state index contributed by atoms with van der Waals surface area (Å²) < 4.78 is 0. The van der Waals surface area contributed by atoms with Crippen LogP contribution in [0.5, 0.6) is 5.75 Å². The highest BCUT2D eigenvalue weighted by Crippen LogP contribution is 2.27. The van der Waals surface area contributed by atoms with E-state index >= 15 is 0 Å². The molecule has 2 aromatic rings. The van der Waals surface area contributed by atoms with Gasteiger partial charge in [0.1, 0.15) is 11.6 Å². The number of phenolic OH excluding ortho intramolecular Hbond substituents is 1. The molecule has 0 aliphatic carbocycles. The average Bonchev–Trinajstić information content (AvgIpc) is 2.65. The molecule has 2 aromatic carbocycles. The first-order valence-electron chi connectivity index (χ1n) is 8.57. The molecule has 0 aromatic heterocycles. The lowest BCUT2D eigenvalue weighted by molar-refractivity contribution is 0.469. The van der Waals surface area contributed by atoms with E-state index in [2.05, 4.69) is 22.5 Å². The maximum absolute atomic E-state index is 9.95. The van der Waals surface area contributed by atoms with Gasteiger partial charge < -0.3 is 21.1 Å². The van der Waals surface area contributed by atoms with Crippen molar-refractivity contribution in [3.8, 4) is 5.75 Å². The Morgan fingerprint density at radius 1 is 1.11 bits per heavy atom. The Bertz CT molecular complexity index is 824. The van der Waals surface area contributed by atoms with Crippen molar-refractivity contribution in [2.45, 2.75) is 12.8 Å². The summed E-state index contributed by atoms with van der Waals surface area (Å²) in [6.07, 6.45) is 2.91. The maximum atomic E-state index is 9.95. The molecule has 142 valence electrons. The van der Waals surface area contributed by atoms with E-state index in [9.17, 15) is 5.11 Å². The number of allylic oxidation sites excluding steroid dienone is 2. The molecular formula is C21H25ClN4O. The third-order valence-electron chi connectivity index (χ3n) is 4.06. The molecular weight excluding hydrogens is 360 g/mol. The first-order chi connectivity index (χ1) is 12.9. The average molecular weight is 385 g/mol. The van der Waals surface area contributed by atoms with Crippen LogP contribution in [0.25, 0.3) is 0 Å². The van der Waals surface area contributed by atoms with Gasteiger partial charge in [-0.25, -0.2) is 0 Å². The van der Waals surface area contributed by atoms with Crippen molar-refractivity contribution >= 4 is 23.1 Å². The Morgan fingerprint density at radius 2 is 1.81 bits per heavy atom. The largest absolute Gasteiger partial charge is 0.508 e. The molecule has 0 radical (unpaired) electrons. The minimum absolute atomic E-state index is 0.166. The van der Waals surface area contributed by atoms with Gasteiger partial charge >= 0.3 is 0 Å². The fraction of sp³-hybridized carbons (Fsp3) is 0.190. The van der Waals surface area contributed by atoms with Crippen LogP contribution < -0.4 is 16.0 Å². The zero-order valence-electron chi connectivity index (χ0n) is 15.6. The fourth-order valence-electron chi connectivity index (χ4n) is 2.57. The summed E-state index contributed by atoms with van der Waals surface area (Å²) in [5.41, 5.74) is 4.38. The van der Waals surface area contributed by atoms with E-state index in [1.165, 1.54) is 0 Å². The van der Waals surface area contributed by atoms with E-state index in [4.69, 9.17) is 17.0 Å². The van der Waals surface area contributed by atoms with Gasteiger partial charge in [-0.1, -0.05) is 36.4 Å². The quantitative estimate of drug-likeness (QED) is 0.351. The number of hydrogen-bond acceptors (Lipinski definition) is 4. The highest BCUT2D eigenvalue weighted by Gasteiger charge is 2.08. The van der Waals surface area contributed by atoms with Crippen molar-refractivity contribution in [2.24, 2.45) is 0 Å². The van der Waals surface area contributed by atoms with Crippen LogP contribution in [0.1, 0.15) is 11.1 Å².